The molecule has 7 nitrogen and oxygen atoms in total. The number of furan rings is 1. The van der Waals surface area contributed by atoms with E-state index < -0.39 is 17.3 Å². The van der Waals surface area contributed by atoms with Crippen LogP contribution < -0.4 is 10.6 Å². The second-order valence-electron chi connectivity index (χ2n) is 7.28. The Morgan fingerprint density at radius 3 is 2.57 bits per heavy atom. The highest BCUT2D eigenvalue weighted by atomic mass is 19.1. The second-order valence-corrected chi connectivity index (χ2v) is 7.28. The predicted molar refractivity (Wildman–Crippen MR) is 108 cm³/mol. The lowest BCUT2D eigenvalue weighted by molar-refractivity contribution is 0.0782. The van der Waals surface area contributed by atoms with Gasteiger partial charge in [0.2, 0.25) is 0 Å². The van der Waals surface area contributed by atoms with Gasteiger partial charge in [-0.2, -0.15) is 0 Å². The molecule has 0 atom stereocenters. The third-order valence-corrected chi connectivity index (χ3v) is 4.47. The van der Waals surface area contributed by atoms with Gasteiger partial charge in [-0.3, -0.25) is 14.6 Å². The van der Waals surface area contributed by atoms with Crippen molar-refractivity contribution < 1.29 is 23.5 Å². The van der Waals surface area contributed by atoms with Gasteiger partial charge in [0.15, 0.2) is 5.76 Å². The first-order chi connectivity index (χ1) is 14.2. The van der Waals surface area contributed by atoms with Crippen molar-refractivity contribution in [3.63, 3.8) is 0 Å². The molecule has 30 heavy (non-hydrogen) atoms. The number of carbonyl (C=O) groups excluding carboxylic acids is 2. The zero-order valence-electron chi connectivity index (χ0n) is 16.8. The van der Waals surface area contributed by atoms with E-state index in [1.807, 2.05) is 0 Å². The third-order valence-electron chi connectivity index (χ3n) is 4.47. The zero-order valence-corrected chi connectivity index (χ0v) is 16.8. The van der Waals surface area contributed by atoms with Gasteiger partial charge in [0, 0.05) is 36.1 Å². The Morgan fingerprint density at radius 2 is 1.87 bits per heavy atom. The van der Waals surface area contributed by atoms with Crippen molar-refractivity contribution in [3.05, 3.63) is 77.3 Å². The maximum Gasteiger partial charge on any atom is 0.286 e. The molecule has 0 spiro atoms. The number of rotatable bonds is 6. The van der Waals surface area contributed by atoms with E-state index in [4.69, 9.17) is 4.42 Å². The average molecular weight is 411 g/mol. The van der Waals surface area contributed by atoms with Crippen molar-refractivity contribution in [1.29, 1.82) is 0 Å². The molecule has 0 radical (unpaired) electrons. The Hall–Kier alpha value is -3.52. The first-order valence-corrected chi connectivity index (χ1v) is 9.25. The number of aliphatic hydroxyl groups is 1. The number of benzene rings is 1. The molecule has 2 aromatic heterocycles. The summed E-state index contributed by atoms with van der Waals surface area (Å²) in [4.78, 5) is 28.2. The molecule has 0 saturated carbocycles. The molecule has 0 unspecified atom stereocenters. The molecule has 2 heterocycles. The van der Waals surface area contributed by atoms with Crippen LogP contribution >= 0.6 is 0 Å². The first-order valence-electron chi connectivity index (χ1n) is 9.25. The fourth-order valence-electron chi connectivity index (χ4n) is 2.81. The summed E-state index contributed by atoms with van der Waals surface area (Å²) in [6.07, 6.45) is 3.07. The highest BCUT2D eigenvalue weighted by molar-refractivity contribution is 5.95. The number of aromatic nitrogens is 1. The molecule has 0 aliphatic carbocycles. The summed E-state index contributed by atoms with van der Waals surface area (Å²) in [5.74, 6) is -0.926. The van der Waals surface area contributed by atoms with Gasteiger partial charge in [0.1, 0.15) is 11.6 Å². The van der Waals surface area contributed by atoms with E-state index in [-0.39, 0.29) is 23.8 Å². The molecule has 2 amide bonds. The summed E-state index contributed by atoms with van der Waals surface area (Å²) >= 11 is 0. The largest absolute Gasteiger partial charge is 0.454 e. The minimum atomic E-state index is -1.10. The number of hydrogen-bond acceptors (Lipinski definition) is 5. The van der Waals surface area contributed by atoms with E-state index in [0.29, 0.717) is 22.5 Å². The number of nitrogens with one attached hydrogen (secondary N) is 2. The van der Waals surface area contributed by atoms with Crippen LogP contribution in [-0.4, -0.2) is 29.0 Å². The molecule has 3 N–H and O–H groups in total. The van der Waals surface area contributed by atoms with E-state index in [9.17, 15) is 19.1 Å². The normalized spacial score (nSPS) is 11.2. The standard InChI is InChI=1S/C22H22FN3O4/c1-22(2,29)16-7-15(10-25-11-16)13-6-14(9-17(23)8-13)20(27)26-12-18-4-5-19(30-18)21(28)24-3/h4-11,29H,12H2,1-3H3,(H,24,28)(H,26,27). The summed E-state index contributed by atoms with van der Waals surface area (Å²) in [6, 6.07) is 8.75. The van der Waals surface area contributed by atoms with Crippen LogP contribution in [0.5, 0.6) is 0 Å². The Labute approximate surface area is 172 Å². The molecule has 1 aromatic carbocycles. The molecule has 0 saturated heterocycles. The summed E-state index contributed by atoms with van der Waals surface area (Å²) in [5.41, 5.74) is 0.618. The number of pyridine rings is 1. The number of nitrogens with zero attached hydrogens (tertiary/aromatic N) is 1. The molecule has 3 rings (SSSR count). The SMILES string of the molecule is CNC(=O)c1ccc(CNC(=O)c2cc(F)cc(-c3cncc(C(C)(C)O)c3)c2)o1. The minimum absolute atomic E-state index is 0.0391. The maximum absolute atomic E-state index is 14.2. The van der Waals surface area contributed by atoms with Gasteiger partial charge in [-0.15, -0.1) is 0 Å². The smallest absolute Gasteiger partial charge is 0.286 e. The fourth-order valence-corrected chi connectivity index (χ4v) is 2.81. The molecular formula is C22H22FN3O4. The van der Waals surface area contributed by atoms with Crippen molar-refractivity contribution in [3.8, 4) is 11.1 Å². The lowest BCUT2D eigenvalue weighted by atomic mass is 9.96. The topological polar surface area (TPSA) is 104 Å². The van der Waals surface area contributed by atoms with Crippen LogP contribution in [-0.2, 0) is 12.1 Å². The van der Waals surface area contributed by atoms with Crippen LogP contribution in [0.2, 0.25) is 0 Å². The Bertz CT molecular complexity index is 1090. The van der Waals surface area contributed by atoms with Crippen LogP contribution in [0.15, 0.2) is 53.2 Å². The molecule has 0 fully saturated rings. The highest BCUT2D eigenvalue weighted by Crippen LogP contribution is 2.26. The van der Waals surface area contributed by atoms with Gasteiger partial charge in [-0.25, -0.2) is 4.39 Å². The Morgan fingerprint density at radius 1 is 1.10 bits per heavy atom. The molecule has 156 valence electrons. The number of amides is 2. The molecular weight excluding hydrogens is 389 g/mol. The summed E-state index contributed by atoms with van der Waals surface area (Å²) in [5, 5.41) is 15.3. The van der Waals surface area contributed by atoms with Crippen LogP contribution in [0.3, 0.4) is 0 Å². The van der Waals surface area contributed by atoms with Gasteiger partial charge in [-0.05, 0) is 55.8 Å². The van der Waals surface area contributed by atoms with Crippen molar-refractivity contribution in [2.24, 2.45) is 0 Å². The highest BCUT2D eigenvalue weighted by Gasteiger charge is 2.18. The van der Waals surface area contributed by atoms with Crippen LogP contribution in [0.1, 0.15) is 46.1 Å². The quantitative estimate of drug-likeness (QED) is 0.578. The van der Waals surface area contributed by atoms with Crippen molar-refractivity contribution >= 4 is 11.8 Å². The molecule has 0 bridgehead atoms. The predicted octanol–water partition coefficient (Wildman–Crippen LogP) is 3.00. The number of carbonyl (C=O) groups is 2. The van der Waals surface area contributed by atoms with Crippen LogP contribution in [0.4, 0.5) is 4.39 Å². The van der Waals surface area contributed by atoms with E-state index in [2.05, 4.69) is 15.6 Å². The van der Waals surface area contributed by atoms with E-state index in [0.717, 1.165) is 6.07 Å². The molecule has 0 aliphatic heterocycles. The fraction of sp³-hybridized carbons (Fsp3) is 0.227. The lowest BCUT2D eigenvalue weighted by Gasteiger charge is -2.18. The van der Waals surface area contributed by atoms with E-state index in [1.165, 1.54) is 31.6 Å². The van der Waals surface area contributed by atoms with Gasteiger partial charge in [-0.1, -0.05) is 0 Å². The zero-order chi connectivity index (χ0) is 21.9. The monoisotopic (exact) mass is 411 g/mol. The minimum Gasteiger partial charge on any atom is -0.454 e. The van der Waals surface area contributed by atoms with Crippen LogP contribution in [0.25, 0.3) is 11.1 Å². The Kier molecular flexibility index (Phi) is 5.98. The van der Waals surface area contributed by atoms with Crippen molar-refractivity contribution in [2.45, 2.75) is 26.0 Å². The molecule has 8 heteroatoms. The first kappa shape index (κ1) is 21.2. The third kappa shape index (κ3) is 4.90. The van der Waals surface area contributed by atoms with Crippen molar-refractivity contribution in [1.82, 2.24) is 15.6 Å². The van der Waals surface area contributed by atoms with E-state index in [1.54, 1.807) is 32.0 Å². The van der Waals surface area contributed by atoms with Gasteiger partial charge < -0.3 is 20.2 Å². The Balaban J connectivity index is 1.79. The summed E-state index contributed by atoms with van der Waals surface area (Å²) < 4.78 is 19.5. The molecule has 0 aliphatic rings. The van der Waals surface area contributed by atoms with Crippen LogP contribution in [0, 0.1) is 5.82 Å². The van der Waals surface area contributed by atoms with Gasteiger partial charge in [0.05, 0.1) is 12.1 Å². The molecule has 3 aromatic rings. The lowest BCUT2D eigenvalue weighted by Crippen LogP contribution is -2.23. The number of halogens is 1. The second kappa shape index (κ2) is 8.46. The summed E-state index contributed by atoms with van der Waals surface area (Å²) in [6.45, 7) is 3.29. The van der Waals surface area contributed by atoms with E-state index >= 15 is 0 Å². The maximum atomic E-state index is 14.2. The summed E-state index contributed by atoms with van der Waals surface area (Å²) in [7, 11) is 1.49. The van der Waals surface area contributed by atoms with Gasteiger partial charge >= 0.3 is 0 Å². The van der Waals surface area contributed by atoms with Crippen molar-refractivity contribution in [2.75, 3.05) is 7.05 Å². The van der Waals surface area contributed by atoms with Gasteiger partial charge in [0.25, 0.3) is 11.8 Å². The average Bonchev–Trinajstić information content (AvgIpc) is 3.19. The number of hydrogen-bond donors (Lipinski definition) is 3.